The fourth-order valence-electron chi connectivity index (χ4n) is 3.58. The summed E-state index contributed by atoms with van der Waals surface area (Å²) in [4.78, 5) is 23.8. The monoisotopic (exact) mass is 441 g/mol. The number of nitrogens with one attached hydrogen (secondary N) is 2. The summed E-state index contributed by atoms with van der Waals surface area (Å²) in [6.45, 7) is 12.3. The number of benzene rings is 1. The third kappa shape index (κ3) is 7.06. The predicted octanol–water partition coefficient (Wildman–Crippen LogP) is 3.59. The Morgan fingerprint density at radius 1 is 1.26 bits per heavy atom. The molecule has 1 fully saturated rings. The number of nitrogens with zero attached hydrogens (tertiary/aromatic N) is 3. The Labute approximate surface area is 190 Å². The highest BCUT2D eigenvalue weighted by atomic mass is 32.1. The van der Waals surface area contributed by atoms with E-state index in [2.05, 4.69) is 55.8 Å². The number of aromatic nitrogens is 1. The average molecular weight is 442 g/mol. The molecule has 0 aliphatic carbocycles. The van der Waals surface area contributed by atoms with Crippen LogP contribution in [0.3, 0.4) is 0 Å². The second kappa shape index (κ2) is 10.8. The van der Waals surface area contributed by atoms with Gasteiger partial charge in [0.25, 0.3) is 0 Å². The van der Waals surface area contributed by atoms with E-state index in [1.807, 2.05) is 23.1 Å². The SMILES string of the molecule is CCNC(=NCc1csc(C(C)(C)C)n1)NCC1CC(=O)N(CCc2ccccc2)C1. The number of likely N-dealkylation sites (tertiary alicyclic amines) is 1. The lowest BCUT2D eigenvalue weighted by atomic mass is 9.98. The number of aliphatic imine (C=N–C) groups is 1. The van der Waals surface area contributed by atoms with E-state index in [0.717, 1.165) is 49.3 Å². The van der Waals surface area contributed by atoms with Crippen molar-refractivity contribution in [2.24, 2.45) is 10.9 Å². The summed E-state index contributed by atoms with van der Waals surface area (Å²) in [5, 5.41) is 9.95. The van der Waals surface area contributed by atoms with E-state index in [1.165, 1.54) is 5.56 Å². The lowest BCUT2D eigenvalue weighted by Crippen LogP contribution is -2.40. The first-order valence-electron chi connectivity index (χ1n) is 11.1. The van der Waals surface area contributed by atoms with E-state index in [0.29, 0.717) is 18.9 Å². The third-order valence-corrected chi connectivity index (χ3v) is 6.62. The molecule has 168 valence electrons. The van der Waals surface area contributed by atoms with Gasteiger partial charge in [0.1, 0.15) is 0 Å². The first-order chi connectivity index (χ1) is 14.8. The Hall–Kier alpha value is -2.41. The van der Waals surface area contributed by atoms with Gasteiger partial charge in [0.15, 0.2) is 5.96 Å². The van der Waals surface area contributed by atoms with Crippen molar-refractivity contribution in [1.82, 2.24) is 20.5 Å². The molecular weight excluding hydrogens is 406 g/mol. The summed E-state index contributed by atoms with van der Waals surface area (Å²) < 4.78 is 0. The maximum Gasteiger partial charge on any atom is 0.223 e. The summed E-state index contributed by atoms with van der Waals surface area (Å²) in [6.07, 6.45) is 1.50. The van der Waals surface area contributed by atoms with Crippen molar-refractivity contribution in [2.45, 2.75) is 52.5 Å². The van der Waals surface area contributed by atoms with Gasteiger partial charge in [-0.25, -0.2) is 9.98 Å². The summed E-state index contributed by atoms with van der Waals surface area (Å²) in [6, 6.07) is 10.3. The zero-order valence-corrected chi connectivity index (χ0v) is 20.0. The summed E-state index contributed by atoms with van der Waals surface area (Å²) >= 11 is 1.69. The van der Waals surface area contributed by atoms with Crippen molar-refractivity contribution in [2.75, 3.05) is 26.2 Å². The topological polar surface area (TPSA) is 69.6 Å². The molecule has 2 heterocycles. The van der Waals surface area contributed by atoms with Gasteiger partial charge in [-0.1, -0.05) is 51.1 Å². The quantitative estimate of drug-likeness (QED) is 0.485. The van der Waals surface area contributed by atoms with Crippen molar-refractivity contribution in [3.63, 3.8) is 0 Å². The van der Waals surface area contributed by atoms with E-state index < -0.39 is 0 Å². The van der Waals surface area contributed by atoms with Crippen LogP contribution in [-0.4, -0.2) is 47.9 Å². The largest absolute Gasteiger partial charge is 0.357 e. The van der Waals surface area contributed by atoms with Crippen molar-refractivity contribution >= 4 is 23.2 Å². The van der Waals surface area contributed by atoms with Gasteiger partial charge < -0.3 is 15.5 Å². The van der Waals surface area contributed by atoms with Crippen molar-refractivity contribution < 1.29 is 4.79 Å². The Morgan fingerprint density at radius 2 is 2.03 bits per heavy atom. The van der Waals surface area contributed by atoms with Crippen LogP contribution in [0.5, 0.6) is 0 Å². The van der Waals surface area contributed by atoms with Crippen LogP contribution in [0.15, 0.2) is 40.7 Å². The number of hydrogen-bond donors (Lipinski definition) is 2. The molecule has 1 aliphatic rings. The second-order valence-corrected chi connectivity index (χ2v) is 9.97. The van der Waals surface area contributed by atoms with E-state index in [-0.39, 0.29) is 11.3 Å². The highest BCUT2D eigenvalue weighted by Crippen LogP contribution is 2.25. The first kappa shape index (κ1) is 23.3. The predicted molar refractivity (Wildman–Crippen MR) is 128 cm³/mol. The van der Waals surface area contributed by atoms with Crippen LogP contribution in [0.2, 0.25) is 0 Å². The smallest absolute Gasteiger partial charge is 0.223 e. The van der Waals surface area contributed by atoms with Gasteiger partial charge in [-0.15, -0.1) is 11.3 Å². The molecular formula is C24H35N5OS. The van der Waals surface area contributed by atoms with Crippen LogP contribution < -0.4 is 10.6 Å². The van der Waals surface area contributed by atoms with Crippen LogP contribution >= 0.6 is 11.3 Å². The molecule has 1 amide bonds. The number of carbonyl (C=O) groups is 1. The molecule has 1 aromatic heterocycles. The van der Waals surface area contributed by atoms with Gasteiger partial charge in [0, 0.05) is 49.3 Å². The van der Waals surface area contributed by atoms with Crippen LogP contribution in [0, 0.1) is 5.92 Å². The Balaban J connectivity index is 1.48. The number of thiazole rings is 1. The summed E-state index contributed by atoms with van der Waals surface area (Å²) in [5.74, 6) is 1.34. The molecule has 0 spiro atoms. The molecule has 31 heavy (non-hydrogen) atoms. The molecule has 1 atom stereocenters. The maximum atomic E-state index is 12.4. The molecule has 2 aromatic rings. The normalized spacial score (nSPS) is 17.3. The molecule has 1 unspecified atom stereocenters. The van der Waals surface area contributed by atoms with Crippen molar-refractivity contribution in [3.05, 3.63) is 52.0 Å². The van der Waals surface area contributed by atoms with Gasteiger partial charge in [-0.2, -0.15) is 0 Å². The second-order valence-electron chi connectivity index (χ2n) is 9.12. The summed E-state index contributed by atoms with van der Waals surface area (Å²) in [7, 11) is 0. The minimum atomic E-state index is 0.0662. The Morgan fingerprint density at radius 3 is 2.71 bits per heavy atom. The molecule has 0 bridgehead atoms. The fraction of sp³-hybridized carbons (Fsp3) is 0.542. The molecule has 0 saturated carbocycles. The number of hydrogen-bond acceptors (Lipinski definition) is 4. The molecule has 3 rings (SSSR count). The van der Waals surface area contributed by atoms with Gasteiger partial charge in [-0.3, -0.25) is 4.79 Å². The Kier molecular flexibility index (Phi) is 8.07. The highest BCUT2D eigenvalue weighted by Gasteiger charge is 2.29. The van der Waals surface area contributed by atoms with Crippen LogP contribution in [0.1, 0.15) is 50.4 Å². The van der Waals surface area contributed by atoms with Gasteiger partial charge >= 0.3 is 0 Å². The molecule has 2 N–H and O–H groups in total. The van der Waals surface area contributed by atoms with Crippen LogP contribution in [-0.2, 0) is 23.2 Å². The Bertz CT molecular complexity index is 872. The number of guanidine groups is 1. The third-order valence-electron chi connectivity index (χ3n) is 5.30. The van der Waals surface area contributed by atoms with Crippen LogP contribution in [0.4, 0.5) is 0 Å². The lowest BCUT2D eigenvalue weighted by molar-refractivity contribution is -0.127. The van der Waals surface area contributed by atoms with Gasteiger partial charge in [0.05, 0.1) is 17.2 Å². The molecule has 1 aliphatic heterocycles. The van der Waals surface area contributed by atoms with E-state index in [4.69, 9.17) is 9.98 Å². The molecule has 6 nitrogen and oxygen atoms in total. The number of rotatable bonds is 8. The number of amides is 1. The zero-order valence-electron chi connectivity index (χ0n) is 19.1. The van der Waals surface area contributed by atoms with Crippen molar-refractivity contribution in [3.8, 4) is 0 Å². The van der Waals surface area contributed by atoms with Crippen molar-refractivity contribution in [1.29, 1.82) is 0 Å². The highest BCUT2D eigenvalue weighted by molar-refractivity contribution is 7.09. The van der Waals surface area contributed by atoms with E-state index in [9.17, 15) is 4.79 Å². The van der Waals surface area contributed by atoms with Gasteiger partial charge in [0.2, 0.25) is 5.91 Å². The number of carbonyl (C=O) groups excluding carboxylic acids is 1. The minimum Gasteiger partial charge on any atom is -0.357 e. The van der Waals surface area contributed by atoms with E-state index >= 15 is 0 Å². The molecule has 1 saturated heterocycles. The lowest BCUT2D eigenvalue weighted by Gasteiger charge is -2.18. The zero-order chi connectivity index (χ0) is 22.3. The molecule has 1 aromatic carbocycles. The first-order valence-corrected chi connectivity index (χ1v) is 12.0. The fourth-order valence-corrected chi connectivity index (χ4v) is 4.48. The average Bonchev–Trinajstić information content (AvgIpc) is 3.36. The van der Waals surface area contributed by atoms with Gasteiger partial charge in [-0.05, 0) is 18.9 Å². The summed E-state index contributed by atoms with van der Waals surface area (Å²) in [5.41, 5.74) is 2.34. The van der Waals surface area contributed by atoms with Crippen LogP contribution in [0.25, 0.3) is 0 Å². The van der Waals surface area contributed by atoms with E-state index in [1.54, 1.807) is 11.3 Å². The minimum absolute atomic E-state index is 0.0662. The molecule has 7 heteroatoms. The maximum absolute atomic E-state index is 12.4. The molecule has 0 radical (unpaired) electrons. The standard InChI is InChI=1S/C24H35N5OS/c1-5-25-23(27-15-20-17-31-22(28-20)24(2,3)4)26-14-19-13-21(30)29(16-19)12-11-18-9-7-6-8-10-18/h6-10,17,19H,5,11-16H2,1-4H3,(H2,25,26,27).